The molecule has 2 aliphatic rings. The lowest BCUT2D eigenvalue weighted by Crippen LogP contribution is -2.18. The van der Waals surface area contributed by atoms with E-state index in [4.69, 9.17) is 15.2 Å². The summed E-state index contributed by atoms with van der Waals surface area (Å²) in [7, 11) is 0. The maximum absolute atomic E-state index is 12.6. The molecule has 1 aliphatic heterocycles. The number of benzene rings is 1. The van der Waals surface area contributed by atoms with Gasteiger partial charge in [-0.3, -0.25) is 9.59 Å². The standard InChI is InChI=1S/C18H18N2O4S/c19-16(21)15-11-4-2-1-3-5-14(11)25-18(15)20-17(22)10-6-7-12-13(8-10)24-9-23-12/h6-8H,1-5,9H2,(H2,19,21)(H,20,22). The SMILES string of the molecule is NC(=O)c1c(NC(=O)c2ccc3c(c2)OCO3)sc2c1CCCCC2. The molecule has 0 saturated heterocycles. The lowest BCUT2D eigenvalue weighted by Gasteiger charge is -2.07. The van der Waals surface area contributed by atoms with Crippen LogP contribution in [0.5, 0.6) is 11.5 Å². The Bertz CT molecular complexity index is 859. The minimum Gasteiger partial charge on any atom is -0.454 e. The highest BCUT2D eigenvalue weighted by Crippen LogP contribution is 2.38. The van der Waals surface area contributed by atoms with Gasteiger partial charge in [0, 0.05) is 10.4 Å². The van der Waals surface area contributed by atoms with Gasteiger partial charge in [-0.2, -0.15) is 0 Å². The summed E-state index contributed by atoms with van der Waals surface area (Å²) in [6.45, 7) is 0.157. The zero-order chi connectivity index (χ0) is 17.4. The number of hydrogen-bond donors (Lipinski definition) is 2. The molecule has 2 aromatic rings. The Morgan fingerprint density at radius 1 is 1.08 bits per heavy atom. The van der Waals surface area contributed by atoms with Gasteiger partial charge in [-0.15, -0.1) is 11.3 Å². The molecule has 2 amide bonds. The number of nitrogens with two attached hydrogens (primary N) is 1. The highest BCUT2D eigenvalue weighted by atomic mass is 32.1. The van der Waals surface area contributed by atoms with E-state index in [1.54, 1.807) is 18.2 Å². The van der Waals surface area contributed by atoms with Crippen molar-refractivity contribution in [3.05, 3.63) is 39.8 Å². The first-order valence-corrected chi connectivity index (χ1v) is 9.10. The van der Waals surface area contributed by atoms with Crippen molar-refractivity contribution in [3.63, 3.8) is 0 Å². The average Bonchev–Trinajstić information content (AvgIpc) is 3.12. The van der Waals surface area contributed by atoms with Gasteiger partial charge < -0.3 is 20.5 Å². The van der Waals surface area contributed by atoms with Gasteiger partial charge in [0.15, 0.2) is 11.5 Å². The van der Waals surface area contributed by atoms with E-state index in [-0.39, 0.29) is 12.7 Å². The van der Waals surface area contributed by atoms with Gasteiger partial charge in [0.2, 0.25) is 6.79 Å². The third-order valence-corrected chi connectivity index (χ3v) is 5.74. The number of hydrogen-bond acceptors (Lipinski definition) is 5. The largest absolute Gasteiger partial charge is 0.454 e. The molecule has 0 unspecified atom stereocenters. The van der Waals surface area contributed by atoms with E-state index in [9.17, 15) is 9.59 Å². The quantitative estimate of drug-likeness (QED) is 0.825. The van der Waals surface area contributed by atoms with E-state index in [1.807, 2.05) is 0 Å². The van der Waals surface area contributed by atoms with Gasteiger partial charge in [0.25, 0.3) is 11.8 Å². The summed E-state index contributed by atoms with van der Waals surface area (Å²) < 4.78 is 10.6. The van der Waals surface area contributed by atoms with Crippen molar-refractivity contribution >= 4 is 28.2 Å². The summed E-state index contributed by atoms with van der Waals surface area (Å²) in [4.78, 5) is 25.8. The number of carbonyl (C=O) groups excluding carboxylic acids is 2. The van der Waals surface area contributed by atoms with Crippen molar-refractivity contribution < 1.29 is 19.1 Å². The highest BCUT2D eigenvalue weighted by molar-refractivity contribution is 7.17. The monoisotopic (exact) mass is 358 g/mol. The summed E-state index contributed by atoms with van der Waals surface area (Å²) in [6.07, 6.45) is 5.06. The van der Waals surface area contributed by atoms with Crippen LogP contribution in [-0.2, 0) is 12.8 Å². The summed E-state index contributed by atoms with van der Waals surface area (Å²) in [5, 5.41) is 3.40. The molecule has 6 nitrogen and oxygen atoms in total. The van der Waals surface area contributed by atoms with E-state index in [0.717, 1.165) is 42.5 Å². The molecule has 1 aromatic heterocycles. The van der Waals surface area contributed by atoms with E-state index in [2.05, 4.69) is 5.32 Å². The second-order valence-electron chi connectivity index (χ2n) is 6.15. The predicted molar refractivity (Wildman–Crippen MR) is 94.6 cm³/mol. The Labute approximate surface area is 148 Å². The van der Waals surface area contributed by atoms with Gasteiger partial charge in [-0.05, 0) is 49.4 Å². The number of carbonyl (C=O) groups is 2. The molecule has 0 bridgehead atoms. The number of fused-ring (bicyclic) bond motifs is 2. The van der Waals surface area contributed by atoms with Crippen LogP contribution in [-0.4, -0.2) is 18.6 Å². The number of primary amides is 1. The average molecular weight is 358 g/mol. The third-order valence-electron chi connectivity index (χ3n) is 4.53. The minimum atomic E-state index is -0.486. The van der Waals surface area contributed by atoms with Crippen molar-refractivity contribution in [1.82, 2.24) is 0 Å². The van der Waals surface area contributed by atoms with E-state index in [1.165, 1.54) is 11.3 Å². The number of ether oxygens (including phenoxy) is 2. The molecule has 0 saturated carbocycles. The number of anilines is 1. The molecule has 0 atom stereocenters. The van der Waals surface area contributed by atoms with Gasteiger partial charge in [-0.25, -0.2) is 0 Å². The molecular formula is C18H18N2O4S. The van der Waals surface area contributed by atoms with Gasteiger partial charge in [0.05, 0.1) is 5.56 Å². The van der Waals surface area contributed by atoms with Crippen LogP contribution in [0.2, 0.25) is 0 Å². The zero-order valence-corrected chi connectivity index (χ0v) is 14.4. The van der Waals surface area contributed by atoms with Crippen LogP contribution in [0.15, 0.2) is 18.2 Å². The lowest BCUT2D eigenvalue weighted by molar-refractivity contribution is 0.100. The fourth-order valence-electron chi connectivity index (χ4n) is 3.30. The van der Waals surface area contributed by atoms with Crippen molar-refractivity contribution in [2.24, 2.45) is 5.73 Å². The van der Waals surface area contributed by atoms with Crippen LogP contribution < -0.4 is 20.5 Å². The molecule has 0 radical (unpaired) electrons. The smallest absolute Gasteiger partial charge is 0.256 e. The normalized spacial score (nSPS) is 15.4. The first-order valence-electron chi connectivity index (χ1n) is 8.29. The number of rotatable bonds is 3. The van der Waals surface area contributed by atoms with Crippen LogP contribution >= 0.6 is 11.3 Å². The van der Waals surface area contributed by atoms with Crippen LogP contribution in [0.4, 0.5) is 5.00 Å². The van der Waals surface area contributed by atoms with Crippen molar-refractivity contribution in [3.8, 4) is 11.5 Å². The van der Waals surface area contributed by atoms with Crippen LogP contribution in [0.25, 0.3) is 0 Å². The summed E-state index contributed by atoms with van der Waals surface area (Å²) in [6, 6.07) is 5.02. The Morgan fingerprint density at radius 3 is 2.72 bits per heavy atom. The maximum Gasteiger partial charge on any atom is 0.256 e. The van der Waals surface area contributed by atoms with Crippen molar-refractivity contribution in [2.45, 2.75) is 32.1 Å². The molecule has 0 spiro atoms. The maximum atomic E-state index is 12.6. The number of thiophene rings is 1. The second-order valence-corrected chi connectivity index (χ2v) is 7.26. The molecule has 7 heteroatoms. The van der Waals surface area contributed by atoms with Crippen molar-refractivity contribution in [1.29, 1.82) is 0 Å². The fraction of sp³-hybridized carbons (Fsp3) is 0.333. The number of amides is 2. The molecular weight excluding hydrogens is 340 g/mol. The molecule has 3 N–H and O–H groups in total. The van der Waals surface area contributed by atoms with Gasteiger partial charge in [-0.1, -0.05) is 6.42 Å². The summed E-state index contributed by atoms with van der Waals surface area (Å²) >= 11 is 1.46. The molecule has 130 valence electrons. The molecule has 1 aliphatic carbocycles. The molecule has 0 fully saturated rings. The second kappa shape index (κ2) is 6.40. The molecule has 25 heavy (non-hydrogen) atoms. The summed E-state index contributed by atoms with van der Waals surface area (Å²) in [5.41, 5.74) is 7.53. The number of nitrogens with one attached hydrogen (secondary N) is 1. The highest BCUT2D eigenvalue weighted by Gasteiger charge is 2.25. The van der Waals surface area contributed by atoms with Crippen LogP contribution in [0, 0.1) is 0 Å². The van der Waals surface area contributed by atoms with E-state index in [0.29, 0.717) is 27.6 Å². The fourth-order valence-corrected chi connectivity index (χ4v) is 4.59. The molecule has 1 aromatic carbocycles. The lowest BCUT2D eigenvalue weighted by atomic mass is 10.1. The van der Waals surface area contributed by atoms with Crippen molar-refractivity contribution in [2.75, 3.05) is 12.1 Å². The Kier molecular flexibility index (Phi) is 4.09. The predicted octanol–water partition coefficient (Wildman–Crippen LogP) is 3.10. The third kappa shape index (κ3) is 2.95. The van der Waals surface area contributed by atoms with E-state index >= 15 is 0 Å². The Hall–Kier alpha value is -2.54. The van der Waals surface area contributed by atoms with Crippen LogP contribution in [0.3, 0.4) is 0 Å². The first kappa shape index (κ1) is 16.0. The minimum absolute atomic E-state index is 0.157. The topological polar surface area (TPSA) is 90.7 Å². The van der Waals surface area contributed by atoms with Crippen LogP contribution in [0.1, 0.15) is 50.4 Å². The Morgan fingerprint density at radius 2 is 1.88 bits per heavy atom. The summed E-state index contributed by atoms with van der Waals surface area (Å²) in [5.74, 6) is 0.388. The van der Waals surface area contributed by atoms with E-state index < -0.39 is 5.91 Å². The zero-order valence-electron chi connectivity index (χ0n) is 13.6. The van der Waals surface area contributed by atoms with Gasteiger partial charge >= 0.3 is 0 Å². The molecule has 4 rings (SSSR count). The molecule has 2 heterocycles. The Balaban J connectivity index is 1.64. The first-order chi connectivity index (χ1) is 12.1. The number of aryl methyl sites for hydroxylation is 1. The van der Waals surface area contributed by atoms with Gasteiger partial charge in [0.1, 0.15) is 5.00 Å².